The Balaban J connectivity index is 1.75. The first-order valence-electron chi connectivity index (χ1n) is 8.42. The first-order chi connectivity index (χ1) is 12.5. The maximum atomic E-state index is 12.2. The molecule has 140 valence electrons. The van der Waals surface area contributed by atoms with Crippen molar-refractivity contribution in [3.63, 3.8) is 0 Å². The Morgan fingerprint density at radius 3 is 2.04 bits per heavy atom. The van der Waals surface area contributed by atoms with Gasteiger partial charge in [0.1, 0.15) is 25.4 Å². The zero-order valence-electron chi connectivity index (χ0n) is 14.1. The highest BCUT2D eigenvalue weighted by Crippen LogP contribution is 2.39. The third-order valence-electron chi connectivity index (χ3n) is 4.34. The fourth-order valence-corrected chi connectivity index (χ4v) is 2.72. The molecule has 4 rings (SSSR count). The van der Waals surface area contributed by atoms with Crippen molar-refractivity contribution >= 4 is 11.8 Å². The van der Waals surface area contributed by atoms with Crippen LogP contribution in [0.2, 0.25) is 0 Å². The van der Waals surface area contributed by atoms with Gasteiger partial charge in [-0.15, -0.1) is 0 Å². The van der Waals surface area contributed by atoms with Gasteiger partial charge < -0.3 is 35.2 Å². The van der Waals surface area contributed by atoms with E-state index in [0.717, 1.165) is 0 Å². The van der Waals surface area contributed by atoms with Crippen LogP contribution in [0.3, 0.4) is 0 Å². The molecule has 0 saturated carbocycles. The number of carbonyl (C=O) groups excluding carboxylic acids is 2. The second kappa shape index (κ2) is 6.75. The first kappa shape index (κ1) is 17.1. The number of nitrogens with two attached hydrogens (primary N) is 2. The van der Waals surface area contributed by atoms with E-state index >= 15 is 0 Å². The van der Waals surface area contributed by atoms with Crippen LogP contribution in [0, 0.1) is 0 Å². The van der Waals surface area contributed by atoms with Gasteiger partial charge in [0.15, 0.2) is 11.5 Å². The lowest BCUT2D eigenvalue weighted by molar-refractivity contribution is 0.0993. The first-order valence-corrected chi connectivity index (χ1v) is 8.42. The second-order valence-electron chi connectivity index (χ2n) is 6.53. The van der Waals surface area contributed by atoms with Crippen LogP contribution >= 0.6 is 0 Å². The van der Waals surface area contributed by atoms with Gasteiger partial charge in [-0.05, 0) is 11.6 Å². The molecule has 2 amide bonds. The van der Waals surface area contributed by atoms with Crippen LogP contribution in [0.4, 0.5) is 0 Å². The summed E-state index contributed by atoms with van der Waals surface area (Å²) >= 11 is 0. The minimum Gasteiger partial charge on any atom is -0.487 e. The Bertz CT molecular complexity index is 739. The number of hydrogen-bond acceptors (Lipinski definition) is 7. The molecule has 26 heavy (non-hydrogen) atoms. The molecule has 3 aliphatic rings. The molecule has 1 aromatic carbocycles. The van der Waals surface area contributed by atoms with Gasteiger partial charge in [0, 0.05) is 12.0 Å². The van der Waals surface area contributed by atoms with Gasteiger partial charge in [0.2, 0.25) is 5.91 Å². The van der Waals surface area contributed by atoms with Crippen molar-refractivity contribution in [2.45, 2.75) is 24.7 Å². The van der Waals surface area contributed by atoms with Gasteiger partial charge in [0.05, 0.1) is 31.5 Å². The predicted octanol–water partition coefficient (Wildman–Crippen LogP) is -0.619. The van der Waals surface area contributed by atoms with Crippen LogP contribution in [-0.4, -0.2) is 63.2 Å². The van der Waals surface area contributed by atoms with E-state index in [9.17, 15) is 9.59 Å². The number of primary amides is 2. The molecule has 3 saturated heterocycles. The number of amides is 2. The SMILES string of the molecule is NC(=O)c1cc(OCC2CO2)c(OCC2CO2)c(C(N)=O)c1CC1CO1. The Kier molecular flexibility index (Phi) is 4.43. The van der Waals surface area contributed by atoms with E-state index < -0.39 is 11.8 Å². The molecule has 3 fully saturated rings. The third-order valence-corrected chi connectivity index (χ3v) is 4.34. The molecule has 0 bridgehead atoms. The lowest BCUT2D eigenvalue weighted by Crippen LogP contribution is -2.23. The largest absolute Gasteiger partial charge is 0.487 e. The standard InChI is InChI=1S/C17H20N2O7/c18-16(20)12-2-13(25-6-9-4-23-9)15(26-7-10-5-24-10)14(17(19)21)11(12)1-8-3-22-8/h2,8-10H,1,3-7H2,(H2,18,20)(H2,19,21). The smallest absolute Gasteiger partial charge is 0.252 e. The summed E-state index contributed by atoms with van der Waals surface area (Å²) in [6, 6.07) is 1.50. The van der Waals surface area contributed by atoms with Crippen molar-refractivity contribution in [2.24, 2.45) is 11.5 Å². The molecule has 1 aromatic rings. The summed E-state index contributed by atoms with van der Waals surface area (Å²) in [6.07, 6.45) is 0.237. The minimum absolute atomic E-state index is 0.0109. The molecule has 4 N–H and O–H groups in total. The topological polar surface area (TPSA) is 142 Å². The number of hydrogen-bond donors (Lipinski definition) is 2. The van der Waals surface area contributed by atoms with E-state index in [4.69, 9.17) is 35.2 Å². The molecule has 3 atom stereocenters. The van der Waals surface area contributed by atoms with Crippen LogP contribution in [0.5, 0.6) is 11.5 Å². The van der Waals surface area contributed by atoms with Crippen LogP contribution in [0.25, 0.3) is 0 Å². The Hall–Kier alpha value is -2.36. The summed E-state index contributed by atoms with van der Waals surface area (Å²) in [5.74, 6) is -0.950. The predicted molar refractivity (Wildman–Crippen MR) is 87.4 cm³/mol. The molecule has 0 spiro atoms. The molecule has 9 heteroatoms. The average molecular weight is 364 g/mol. The summed E-state index contributed by atoms with van der Waals surface area (Å²) < 4.78 is 27.0. The number of ether oxygens (including phenoxy) is 5. The van der Waals surface area contributed by atoms with Crippen molar-refractivity contribution < 1.29 is 33.3 Å². The van der Waals surface area contributed by atoms with Crippen molar-refractivity contribution in [1.82, 2.24) is 0 Å². The third kappa shape index (κ3) is 3.90. The van der Waals surface area contributed by atoms with Crippen LogP contribution in [-0.2, 0) is 20.6 Å². The maximum absolute atomic E-state index is 12.2. The Morgan fingerprint density at radius 2 is 1.54 bits per heavy atom. The lowest BCUT2D eigenvalue weighted by Gasteiger charge is -2.19. The molecule has 3 aliphatic heterocycles. The highest BCUT2D eigenvalue weighted by molar-refractivity contribution is 6.04. The number of rotatable bonds is 10. The zero-order valence-corrected chi connectivity index (χ0v) is 14.1. The zero-order chi connectivity index (χ0) is 18.3. The Labute approximate surface area is 149 Å². The summed E-state index contributed by atoms with van der Waals surface area (Å²) in [4.78, 5) is 24.2. The summed E-state index contributed by atoms with van der Waals surface area (Å²) in [5.41, 5.74) is 11.8. The van der Waals surface area contributed by atoms with Gasteiger partial charge in [-0.3, -0.25) is 9.59 Å². The molecular weight excluding hydrogens is 344 g/mol. The molecule has 3 unspecified atom stereocenters. The van der Waals surface area contributed by atoms with Gasteiger partial charge >= 0.3 is 0 Å². The minimum atomic E-state index is -0.719. The van der Waals surface area contributed by atoms with Crippen molar-refractivity contribution in [3.05, 3.63) is 22.8 Å². The molecular formula is C17H20N2O7. The molecule has 9 nitrogen and oxygen atoms in total. The fraction of sp³-hybridized carbons (Fsp3) is 0.529. The van der Waals surface area contributed by atoms with E-state index in [1.807, 2.05) is 0 Å². The van der Waals surface area contributed by atoms with Crippen LogP contribution < -0.4 is 20.9 Å². The summed E-state index contributed by atoms with van der Waals surface area (Å²) in [5, 5.41) is 0. The quantitative estimate of drug-likeness (QED) is 0.527. The van der Waals surface area contributed by atoms with E-state index in [0.29, 0.717) is 31.8 Å². The molecule has 0 radical (unpaired) electrons. The molecule has 0 aliphatic carbocycles. The van der Waals surface area contributed by atoms with Crippen LogP contribution in [0.1, 0.15) is 26.3 Å². The second-order valence-corrected chi connectivity index (χ2v) is 6.53. The van der Waals surface area contributed by atoms with Crippen molar-refractivity contribution in [3.8, 4) is 11.5 Å². The fourth-order valence-electron chi connectivity index (χ4n) is 2.72. The number of benzene rings is 1. The normalized spacial score (nSPS) is 25.5. The highest BCUT2D eigenvalue weighted by Gasteiger charge is 2.33. The number of carbonyl (C=O) groups is 2. The van der Waals surface area contributed by atoms with Gasteiger partial charge in [-0.2, -0.15) is 0 Å². The van der Waals surface area contributed by atoms with E-state index in [1.54, 1.807) is 0 Å². The van der Waals surface area contributed by atoms with Gasteiger partial charge in [-0.1, -0.05) is 0 Å². The lowest BCUT2D eigenvalue weighted by atomic mass is 9.94. The van der Waals surface area contributed by atoms with Crippen molar-refractivity contribution in [1.29, 1.82) is 0 Å². The van der Waals surface area contributed by atoms with Gasteiger partial charge in [0.25, 0.3) is 5.91 Å². The van der Waals surface area contributed by atoms with Crippen molar-refractivity contribution in [2.75, 3.05) is 33.0 Å². The monoisotopic (exact) mass is 364 g/mol. The highest BCUT2D eigenvalue weighted by atomic mass is 16.6. The molecule has 3 heterocycles. The van der Waals surface area contributed by atoms with E-state index in [-0.39, 0.29) is 54.2 Å². The van der Waals surface area contributed by atoms with Crippen LogP contribution in [0.15, 0.2) is 6.07 Å². The average Bonchev–Trinajstić information content (AvgIpc) is 3.45. The number of epoxide rings is 3. The van der Waals surface area contributed by atoms with Gasteiger partial charge in [-0.25, -0.2) is 0 Å². The molecule has 0 aromatic heterocycles. The Morgan fingerprint density at radius 1 is 0.962 bits per heavy atom. The summed E-state index contributed by atoms with van der Waals surface area (Å²) in [7, 11) is 0. The summed E-state index contributed by atoms with van der Waals surface area (Å²) in [6.45, 7) is 2.29. The maximum Gasteiger partial charge on any atom is 0.252 e. The van der Waals surface area contributed by atoms with E-state index in [1.165, 1.54) is 6.07 Å². The van der Waals surface area contributed by atoms with E-state index in [2.05, 4.69) is 0 Å².